The second-order valence-corrected chi connectivity index (χ2v) is 4.61. The molecule has 0 spiro atoms. The van der Waals surface area contributed by atoms with E-state index in [2.05, 4.69) is 10.3 Å². The summed E-state index contributed by atoms with van der Waals surface area (Å²) in [7, 11) is 0. The maximum absolute atomic E-state index is 11.9. The van der Waals surface area contributed by atoms with Crippen LogP contribution in [0.15, 0.2) is 54.9 Å². The monoisotopic (exact) mass is 284 g/mol. The van der Waals surface area contributed by atoms with Crippen molar-refractivity contribution < 1.29 is 14.7 Å². The molecular formula is C16H16N2O3. The number of hydrogen-bond donors (Lipinski definition) is 2. The molecule has 1 atom stereocenters. The second-order valence-electron chi connectivity index (χ2n) is 4.61. The minimum absolute atomic E-state index is 0.225. The van der Waals surface area contributed by atoms with Crippen LogP contribution in [0, 0.1) is 0 Å². The van der Waals surface area contributed by atoms with Gasteiger partial charge in [-0.3, -0.25) is 9.78 Å². The fraction of sp³-hybridized carbons (Fsp3) is 0.188. The zero-order chi connectivity index (χ0) is 15.1. The van der Waals surface area contributed by atoms with Gasteiger partial charge >= 0.3 is 5.97 Å². The topological polar surface area (TPSA) is 79.3 Å². The Morgan fingerprint density at radius 3 is 2.52 bits per heavy atom. The number of aromatic nitrogens is 1. The Morgan fingerprint density at radius 2 is 1.90 bits per heavy atom. The second kappa shape index (κ2) is 7.19. The zero-order valence-electron chi connectivity index (χ0n) is 11.4. The number of nitrogens with one attached hydrogen (secondary N) is 1. The van der Waals surface area contributed by atoms with Crippen LogP contribution in [0.3, 0.4) is 0 Å². The van der Waals surface area contributed by atoms with E-state index in [0.717, 1.165) is 5.56 Å². The Balaban J connectivity index is 1.95. The van der Waals surface area contributed by atoms with Gasteiger partial charge < -0.3 is 10.4 Å². The summed E-state index contributed by atoms with van der Waals surface area (Å²) in [5.74, 6) is -1.37. The molecule has 2 aromatic rings. The van der Waals surface area contributed by atoms with E-state index >= 15 is 0 Å². The van der Waals surface area contributed by atoms with Crippen molar-refractivity contribution in [3.8, 4) is 0 Å². The van der Waals surface area contributed by atoms with E-state index in [-0.39, 0.29) is 12.3 Å². The summed E-state index contributed by atoms with van der Waals surface area (Å²) in [6.07, 6.45) is 4.11. The SMILES string of the molecule is O=C(CCc1cccnc1)N[C@@H](C(=O)O)c1ccccc1. The highest BCUT2D eigenvalue weighted by molar-refractivity contribution is 5.84. The van der Waals surface area contributed by atoms with Gasteiger partial charge in [-0.25, -0.2) is 4.79 Å². The van der Waals surface area contributed by atoms with Crippen molar-refractivity contribution in [1.82, 2.24) is 10.3 Å². The zero-order valence-corrected chi connectivity index (χ0v) is 11.4. The molecule has 0 bridgehead atoms. The van der Waals surface area contributed by atoms with E-state index in [9.17, 15) is 14.7 Å². The number of hydrogen-bond acceptors (Lipinski definition) is 3. The summed E-state index contributed by atoms with van der Waals surface area (Å²) in [4.78, 5) is 27.2. The maximum Gasteiger partial charge on any atom is 0.330 e. The van der Waals surface area contributed by atoms with Crippen LogP contribution in [0.2, 0.25) is 0 Å². The molecule has 0 saturated carbocycles. The molecule has 1 aromatic heterocycles. The van der Waals surface area contributed by atoms with Crippen LogP contribution in [0.25, 0.3) is 0 Å². The van der Waals surface area contributed by atoms with Crippen LogP contribution >= 0.6 is 0 Å². The number of aryl methyl sites for hydroxylation is 1. The van der Waals surface area contributed by atoms with Crippen molar-refractivity contribution in [2.24, 2.45) is 0 Å². The summed E-state index contributed by atoms with van der Waals surface area (Å²) in [6.45, 7) is 0. The van der Waals surface area contributed by atoms with Crippen LogP contribution in [-0.4, -0.2) is 22.0 Å². The van der Waals surface area contributed by atoms with Crippen LogP contribution in [-0.2, 0) is 16.0 Å². The van der Waals surface area contributed by atoms with Crippen molar-refractivity contribution in [3.05, 3.63) is 66.0 Å². The number of carbonyl (C=O) groups excluding carboxylic acids is 1. The third kappa shape index (κ3) is 4.42. The number of benzene rings is 1. The minimum atomic E-state index is -1.07. The van der Waals surface area contributed by atoms with Crippen molar-refractivity contribution in [2.75, 3.05) is 0 Å². The Labute approximate surface area is 122 Å². The lowest BCUT2D eigenvalue weighted by Gasteiger charge is -2.14. The van der Waals surface area contributed by atoms with Gasteiger partial charge in [0.05, 0.1) is 0 Å². The Bertz CT molecular complexity index is 599. The van der Waals surface area contributed by atoms with Crippen LogP contribution in [0.1, 0.15) is 23.6 Å². The third-order valence-electron chi connectivity index (χ3n) is 3.05. The molecule has 1 heterocycles. The summed E-state index contributed by atoms with van der Waals surface area (Å²) < 4.78 is 0. The Morgan fingerprint density at radius 1 is 1.14 bits per heavy atom. The molecule has 21 heavy (non-hydrogen) atoms. The van der Waals surface area contributed by atoms with E-state index in [4.69, 9.17) is 0 Å². The van der Waals surface area contributed by atoms with Gasteiger partial charge in [0, 0.05) is 18.8 Å². The molecule has 1 amide bonds. The first kappa shape index (κ1) is 14.7. The Kier molecular flexibility index (Phi) is 5.04. The molecule has 0 aliphatic carbocycles. The molecule has 1 aromatic carbocycles. The largest absolute Gasteiger partial charge is 0.479 e. The number of pyridine rings is 1. The normalized spacial score (nSPS) is 11.6. The van der Waals surface area contributed by atoms with Gasteiger partial charge in [-0.05, 0) is 23.6 Å². The predicted octanol–water partition coefficient (Wildman–Crippen LogP) is 1.96. The summed E-state index contributed by atoms with van der Waals surface area (Å²) in [5.41, 5.74) is 1.50. The number of carbonyl (C=O) groups is 2. The molecule has 0 radical (unpaired) electrons. The molecular weight excluding hydrogens is 268 g/mol. The number of nitrogens with zero attached hydrogens (tertiary/aromatic N) is 1. The van der Waals surface area contributed by atoms with Crippen molar-refractivity contribution in [2.45, 2.75) is 18.9 Å². The smallest absolute Gasteiger partial charge is 0.330 e. The van der Waals surface area contributed by atoms with Gasteiger partial charge in [-0.2, -0.15) is 0 Å². The van der Waals surface area contributed by atoms with Gasteiger partial charge in [0.1, 0.15) is 0 Å². The molecule has 5 nitrogen and oxygen atoms in total. The number of amides is 1. The molecule has 2 rings (SSSR count). The standard InChI is InChI=1S/C16H16N2O3/c19-14(9-8-12-5-4-10-17-11-12)18-15(16(20)21)13-6-2-1-3-7-13/h1-7,10-11,15H,8-9H2,(H,18,19)(H,20,21)/t15-/m1/s1. The van der Waals surface area contributed by atoms with E-state index in [0.29, 0.717) is 12.0 Å². The third-order valence-corrected chi connectivity index (χ3v) is 3.05. The van der Waals surface area contributed by atoms with E-state index in [1.165, 1.54) is 0 Å². The lowest BCUT2D eigenvalue weighted by atomic mass is 10.1. The van der Waals surface area contributed by atoms with Gasteiger partial charge in [0.2, 0.25) is 5.91 Å². The maximum atomic E-state index is 11.9. The van der Waals surface area contributed by atoms with E-state index < -0.39 is 12.0 Å². The predicted molar refractivity (Wildman–Crippen MR) is 77.5 cm³/mol. The van der Waals surface area contributed by atoms with Crippen LogP contribution in [0.5, 0.6) is 0 Å². The van der Waals surface area contributed by atoms with Crippen LogP contribution < -0.4 is 5.32 Å². The molecule has 0 aliphatic heterocycles. The highest BCUT2D eigenvalue weighted by Gasteiger charge is 2.21. The lowest BCUT2D eigenvalue weighted by Crippen LogP contribution is -2.33. The van der Waals surface area contributed by atoms with Crippen molar-refractivity contribution >= 4 is 11.9 Å². The minimum Gasteiger partial charge on any atom is -0.479 e. The molecule has 2 N–H and O–H groups in total. The van der Waals surface area contributed by atoms with Crippen molar-refractivity contribution in [1.29, 1.82) is 0 Å². The number of aliphatic carboxylic acids is 1. The summed E-state index contributed by atoms with van der Waals surface area (Å²) in [6, 6.07) is 11.3. The Hall–Kier alpha value is -2.69. The molecule has 0 unspecified atom stereocenters. The van der Waals surface area contributed by atoms with Gasteiger partial charge in [-0.15, -0.1) is 0 Å². The average Bonchev–Trinajstić information content (AvgIpc) is 2.52. The molecule has 0 aliphatic rings. The molecule has 0 fully saturated rings. The average molecular weight is 284 g/mol. The summed E-state index contributed by atoms with van der Waals surface area (Å²) in [5, 5.41) is 11.8. The van der Waals surface area contributed by atoms with Crippen LogP contribution in [0.4, 0.5) is 0 Å². The van der Waals surface area contributed by atoms with Gasteiger partial charge in [-0.1, -0.05) is 36.4 Å². The van der Waals surface area contributed by atoms with Gasteiger partial charge in [0.15, 0.2) is 6.04 Å². The summed E-state index contributed by atoms with van der Waals surface area (Å²) >= 11 is 0. The van der Waals surface area contributed by atoms with E-state index in [1.807, 2.05) is 6.07 Å². The number of rotatable bonds is 6. The first-order chi connectivity index (χ1) is 10.2. The fourth-order valence-corrected chi connectivity index (χ4v) is 1.97. The molecule has 0 saturated heterocycles. The lowest BCUT2D eigenvalue weighted by molar-refractivity contribution is -0.142. The fourth-order valence-electron chi connectivity index (χ4n) is 1.97. The number of carboxylic acids is 1. The van der Waals surface area contributed by atoms with Crippen molar-refractivity contribution in [3.63, 3.8) is 0 Å². The quantitative estimate of drug-likeness (QED) is 0.849. The van der Waals surface area contributed by atoms with E-state index in [1.54, 1.807) is 48.8 Å². The first-order valence-corrected chi connectivity index (χ1v) is 6.63. The molecule has 108 valence electrons. The highest BCUT2D eigenvalue weighted by Crippen LogP contribution is 2.13. The molecule has 5 heteroatoms. The first-order valence-electron chi connectivity index (χ1n) is 6.63. The van der Waals surface area contributed by atoms with Gasteiger partial charge in [0.25, 0.3) is 0 Å². The highest BCUT2D eigenvalue weighted by atomic mass is 16.4. The number of carboxylic acid groups (broad SMARTS) is 1.